The van der Waals surface area contributed by atoms with Crippen molar-refractivity contribution >= 4 is 59.5 Å². The Balaban J connectivity index is 2.28. The van der Waals surface area contributed by atoms with E-state index in [1.807, 2.05) is 0 Å². The number of alkyl halides is 1. The van der Waals surface area contributed by atoms with Gasteiger partial charge in [0.15, 0.2) is 5.82 Å². The minimum Gasteiger partial charge on any atom is -0.294 e. The van der Waals surface area contributed by atoms with Crippen LogP contribution in [0.4, 0.5) is 5.82 Å². The predicted octanol–water partition coefficient (Wildman–Crippen LogP) is 2.75. The maximum atomic E-state index is 11.8. The number of nitrogens with zero attached hydrogens (tertiary/aromatic N) is 3. The van der Waals surface area contributed by atoms with Crippen molar-refractivity contribution in [2.45, 2.75) is 6.42 Å². The normalized spacial score (nSPS) is 20.6. The van der Waals surface area contributed by atoms with Gasteiger partial charge in [0.1, 0.15) is 9.21 Å². The first-order chi connectivity index (χ1) is 7.61. The summed E-state index contributed by atoms with van der Waals surface area (Å²) >= 11 is 9.95. The van der Waals surface area contributed by atoms with Gasteiger partial charge < -0.3 is 0 Å². The van der Waals surface area contributed by atoms with E-state index in [0.29, 0.717) is 33.9 Å². The van der Waals surface area contributed by atoms with Crippen molar-refractivity contribution in [3.63, 3.8) is 0 Å². The van der Waals surface area contributed by atoms with Crippen LogP contribution in [0.2, 0.25) is 0 Å². The summed E-state index contributed by atoms with van der Waals surface area (Å²) < 4.78 is 1.23. The molecule has 0 N–H and O–H groups in total. The van der Waals surface area contributed by atoms with Crippen LogP contribution in [-0.4, -0.2) is 27.7 Å². The van der Waals surface area contributed by atoms with E-state index in [4.69, 9.17) is 0 Å². The lowest BCUT2D eigenvalue weighted by Gasteiger charge is -2.15. The van der Waals surface area contributed by atoms with Gasteiger partial charge in [-0.25, -0.2) is 9.97 Å². The number of halogens is 3. The van der Waals surface area contributed by atoms with Gasteiger partial charge in [0.25, 0.3) is 0 Å². The zero-order valence-electron chi connectivity index (χ0n) is 8.16. The van der Waals surface area contributed by atoms with Gasteiger partial charge in [-0.05, 0) is 37.8 Å². The molecule has 1 aliphatic rings. The highest BCUT2D eigenvalue weighted by atomic mass is 79.9. The molecule has 1 aromatic heterocycles. The molecule has 1 atom stereocenters. The van der Waals surface area contributed by atoms with Crippen LogP contribution in [0.15, 0.2) is 15.4 Å². The summed E-state index contributed by atoms with van der Waals surface area (Å²) in [5.74, 6) is 1.04. The number of hydrogen-bond acceptors (Lipinski definition) is 3. The summed E-state index contributed by atoms with van der Waals surface area (Å²) in [7, 11) is 0. The fourth-order valence-corrected chi connectivity index (χ4v) is 3.07. The zero-order valence-corrected chi connectivity index (χ0v) is 12.9. The molecule has 7 heteroatoms. The summed E-state index contributed by atoms with van der Waals surface area (Å²) in [4.78, 5) is 21.8. The highest BCUT2D eigenvalue weighted by Crippen LogP contribution is 2.29. The van der Waals surface area contributed by atoms with Gasteiger partial charge in [0.05, 0.1) is 6.20 Å². The van der Waals surface area contributed by atoms with Gasteiger partial charge in [0.2, 0.25) is 5.91 Å². The maximum Gasteiger partial charge on any atom is 0.228 e. The molecule has 4 nitrogen and oxygen atoms in total. The average Bonchev–Trinajstić information content (AvgIpc) is 2.60. The first kappa shape index (κ1) is 12.4. The molecule has 1 aromatic rings. The topological polar surface area (TPSA) is 46.1 Å². The molecule has 2 rings (SSSR count). The Hall–Kier alpha value is -0.0100. The van der Waals surface area contributed by atoms with Gasteiger partial charge in [0, 0.05) is 18.3 Å². The molecule has 1 unspecified atom stereocenters. The van der Waals surface area contributed by atoms with Crippen LogP contribution < -0.4 is 4.90 Å². The molecule has 0 spiro atoms. The number of amides is 1. The fourth-order valence-electron chi connectivity index (χ4n) is 1.61. The van der Waals surface area contributed by atoms with Gasteiger partial charge in [-0.2, -0.15) is 0 Å². The summed E-state index contributed by atoms with van der Waals surface area (Å²) in [6.07, 6.45) is 2.16. The third-order valence-corrected chi connectivity index (χ3v) is 4.19. The first-order valence-corrected chi connectivity index (χ1v) is 7.37. The van der Waals surface area contributed by atoms with E-state index in [9.17, 15) is 4.79 Å². The number of anilines is 1. The number of rotatable bonds is 2. The summed E-state index contributed by atoms with van der Waals surface area (Å²) in [5, 5.41) is 0.830. The molecular formula is C9H8Br3N3O. The van der Waals surface area contributed by atoms with Gasteiger partial charge in [-0.1, -0.05) is 15.9 Å². The molecule has 1 amide bonds. The Morgan fingerprint density at radius 2 is 2.25 bits per heavy atom. The number of carbonyl (C=O) groups is 1. The van der Waals surface area contributed by atoms with Gasteiger partial charge in [-0.15, -0.1) is 0 Å². The standard InChI is InChI=1S/C9H8Br3N3O/c10-2-5-1-7(16)15(4-5)9-8(12)14-6(11)3-13-9/h3,5H,1-2,4H2. The molecular weight excluding hydrogens is 406 g/mol. The Morgan fingerprint density at radius 3 is 2.81 bits per heavy atom. The second-order valence-corrected chi connectivity index (χ2v) is 5.75. The SMILES string of the molecule is O=C1CC(CBr)CN1c1ncc(Br)nc1Br. The summed E-state index contributed by atoms with van der Waals surface area (Å²) in [6, 6.07) is 0. The molecule has 0 aromatic carbocycles. The van der Waals surface area contributed by atoms with E-state index < -0.39 is 0 Å². The molecule has 16 heavy (non-hydrogen) atoms. The monoisotopic (exact) mass is 411 g/mol. The minimum absolute atomic E-state index is 0.0989. The van der Waals surface area contributed by atoms with Gasteiger partial charge >= 0.3 is 0 Å². The largest absolute Gasteiger partial charge is 0.294 e. The Morgan fingerprint density at radius 1 is 1.50 bits per heavy atom. The fraction of sp³-hybridized carbons (Fsp3) is 0.444. The number of carbonyl (C=O) groups excluding carboxylic acids is 1. The van der Waals surface area contributed by atoms with Crippen LogP contribution >= 0.6 is 47.8 Å². The van der Waals surface area contributed by atoms with E-state index in [-0.39, 0.29) is 5.91 Å². The molecule has 0 aliphatic carbocycles. The second-order valence-electron chi connectivity index (χ2n) is 3.54. The smallest absolute Gasteiger partial charge is 0.228 e. The number of hydrogen-bond donors (Lipinski definition) is 0. The van der Waals surface area contributed by atoms with E-state index in [2.05, 4.69) is 57.8 Å². The predicted molar refractivity (Wildman–Crippen MR) is 71.7 cm³/mol. The Bertz CT molecular complexity index is 426. The van der Waals surface area contributed by atoms with Crippen LogP contribution in [0.3, 0.4) is 0 Å². The van der Waals surface area contributed by atoms with Crippen molar-refractivity contribution in [2.24, 2.45) is 5.92 Å². The van der Waals surface area contributed by atoms with Crippen LogP contribution in [0, 0.1) is 5.92 Å². The van der Waals surface area contributed by atoms with Crippen molar-refractivity contribution in [1.29, 1.82) is 0 Å². The van der Waals surface area contributed by atoms with E-state index in [1.165, 1.54) is 0 Å². The average molecular weight is 414 g/mol. The van der Waals surface area contributed by atoms with Crippen LogP contribution in [0.5, 0.6) is 0 Å². The molecule has 1 aliphatic heterocycles. The molecule has 2 heterocycles. The Labute approximate surface area is 118 Å². The summed E-state index contributed by atoms with van der Waals surface area (Å²) in [5.41, 5.74) is 0. The second kappa shape index (κ2) is 5.10. The number of aromatic nitrogens is 2. The zero-order chi connectivity index (χ0) is 11.7. The lowest BCUT2D eigenvalue weighted by molar-refractivity contribution is -0.117. The third kappa shape index (κ3) is 2.46. The maximum absolute atomic E-state index is 11.8. The van der Waals surface area contributed by atoms with Crippen molar-refractivity contribution in [3.05, 3.63) is 15.4 Å². The highest BCUT2D eigenvalue weighted by Gasteiger charge is 2.32. The van der Waals surface area contributed by atoms with Crippen LogP contribution in [0.1, 0.15) is 6.42 Å². The lowest BCUT2D eigenvalue weighted by Crippen LogP contribution is -2.26. The quantitative estimate of drug-likeness (QED) is 0.700. The van der Waals surface area contributed by atoms with E-state index in [0.717, 1.165) is 5.33 Å². The molecule has 0 saturated carbocycles. The van der Waals surface area contributed by atoms with Gasteiger partial charge in [-0.3, -0.25) is 9.69 Å². The molecule has 0 radical (unpaired) electrons. The molecule has 1 saturated heterocycles. The lowest BCUT2D eigenvalue weighted by atomic mass is 10.2. The molecule has 1 fully saturated rings. The van der Waals surface area contributed by atoms with Crippen LogP contribution in [0.25, 0.3) is 0 Å². The first-order valence-electron chi connectivity index (χ1n) is 4.66. The minimum atomic E-state index is 0.0989. The van der Waals surface area contributed by atoms with Crippen molar-refractivity contribution in [1.82, 2.24) is 9.97 Å². The van der Waals surface area contributed by atoms with Crippen molar-refractivity contribution < 1.29 is 4.79 Å². The Kier molecular flexibility index (Phi) is 3.97. The highest BCUT2D eigenvalue weighted by molar-refractivity contribution is 9.11. The van der Waals surface area contributed by atoms with E-state index >= 15 is 0 Å². The van der Waals surface area contributed by atoms with E-state index in [1.54, 1.807) is 11.1 Å². The van der Waals surface area contributed by atoms with Crippen LogP contribution in [-0.2, 0) is 4.79 Å². The molecule has 0 bridgehead atoms. The third-order valence-electron chi connectivity index (χ3n) is 2.36. The van der Waals surface area contributed by atoms with Crippen molar-refractivity contribution in [3.8, 4) is 0 Å². The molecule has 86 valence electrons. The summed E-state index contributed by atoms with van der Waals surface area (Å²) in [6.45, 7) is 0.693. The van der Waals surface area contributed by atoms with Crippen molar-refractivity contribution in [2.75, 3.05) is 16.8 Å².